The number of likely N-dealkylation sites (tertiary alicyclic amines) is 1. The van der Waals surface area contributed by atoms with E-state index in [0.29, 0.717) is 35.0 Å². The van der Waals surface area contributed by atoms with E-state index >= 15 is 0 Å². The second-order valence-corrected chi connectivity index (χ2v) is 11.4. The number of amides is 1. The Morgan fingerprint density at radius 3 is 2.45 bits per heavy atom. The summed E-state index contributed by atoms with van der Waals surface area (Å²) in [7, 11) is -3.67. The molecule has 1 aliphatic rings. The van der Waals surface area contributed by atoms with Crippen molar-refractivity contribution in [3.8, 4) is 0 Å². The zero-order chi connectivity index (χ0) is 24.2. The van der Waals surface area contributed by atoms with Gasteiger partial charge in [0, 0.05) is 19.6 Å². The van der Waals surface area contributed by atoms with Crippen molar-refractivity contribution < 1.29 is 17.6 Å². The number of sulfonamides is 1. The first kappa shape index (κ1) is 25.2. The minimum Gasteiger partial charge on any atom is -0.341 e. The van der Waals surface area contributed by atoms with E-state index in [-0.39, 0.29) is 18.2 Å². The third-order valence-corrected chi connectivity index (χ3v) is 7.54. The maximum absolute atomic E-state index is 13.3. The van der Waals surface area contributed by atoms with Gasteiger partial charge in [-0.15, -0.1) is 16.8 Å². The van der Waals surface area contributed by atoms with Gasteiger partial charge in [-0.05, 0) is 42.5 Å². The molecule has 3 rings (SSSR count). The summed E-state index contributed by atoms with van der Waals surface area (Å²) in [5, 5.41) is 8.90. The van der Waals surface area contributed by atoms with Crippen molar-refractivity contribution in [1.29, 1.82) is 0 Å². The molecule has 33 heavy (non-hydrogen) atoms. The van der Waals surface area contributed by atoms with Gasteiger partial charge in [0.2, 0.25) is 15.9 Å². The molecule has 11 heteroatoms. The van der Waals surface area contributed by atoms with Crippen molar-refractivity contribution in [3.63, 3.8) is 0 Å². The fraction of sp³-hybridized carbons (Fsp3) is 0.500. The second-order valence-electron chi connectivity index (χ2n) is 8.58. The number of piperidine rings is 1. The van der Waals surface area contributed by atoms with Crippen LogP contribution in [0.25, 0.3) is 0 Å². The first-order valence-electron chi connectivity index (χ1n) is 10.7. The van der Waals surface area contributed by atoms with Crippen molar-refractivity contribution in [3.05, 3.63) is 48.6 Å². The molecule has 1 saturated heterocycles. The Hall–Kier alpha value is -2.40. The number of nitrogens with zero attached hydrogens (tertiary/aromatic N) is 5. The number of halogens is 1. The van der Waals surface area contributed by atoms with E-state index in [0.717, 1.165) is 30.1 Å². The van der Waals surface area contributed by atoms with Crippen molar-refractivity contribution in [1.82, 2.24) is 19.7 Å². The van der Waals surface area contributed by atoms with Crippen molar-refractivity contribution >= 4 is 33.4 Å². The number of hydrogen-bond donors (Lipinski definition) is 0. The van der Waals surface area contributed by atoms with E-state index in [1.165, 1.54) is 36.0 Å². The van der Waals surface area contributed by atoms with Crippen LogP contribution in [0.5, 0.6) is 0 Å². The van der Waals surface area contributed by atoms with E-state index in [4.69, 9.17) is 0 Å². The van der Waals surface area contributed by atoms with Gasteiger partial charge in [-0.2, -0.15) is 0 Å². The molecular weight excluding hydrogens is 465 g/mol. The number of benzene rings is 1. The van der Waals surface area contributed by atoms with Crippen molar-refractivity contribution in [2.75, 3.05) is 29.4 Å². The third-order valence-electron chi connectivity index (χ3n) is 5.45. The summed E-state index contributed by atoms with van der Waals surface area (Å²) in [6, 6.07) is 5.22. The number of anilines is 1. The minimum absolute atomic E-state index is 0.0529. The predicted molar refractivity (Wildman–Crippen MR) is 128 cm³/mol. The molecule has 0 bridgehead atoms. The number of carbonyl (C=O) groups is 1. The Bertz CT molecular complexity index is 1080. The van der Waals surface area contributed by atoms with E-state index in [9.17, 15) is 17.6 Å². The van der Waals surface area contributed by atoms with Crippen LogP contribution in [0, 0.1) is 17.7 Å². The van der Waals surface area contributed by atoms with Crippen molar-refractivity contribution in [2.45, 2.75) is 38.5 Å². The third kappa shape index (κ3) is 6.57. The minimum atomic E-state index is -3.67. The van der Waals surface area contributed by atoms with Crippen LogP contribution in [0.1, 0.15) is 26.1 Å². The molecule has 1 aromatic carbocycles. The van der Waals surface area contributed by atoms with Crippen LogP contribution in [0.4, 0.5) is 10.1 Å². The molecule has 2 aromatic rings. The normalized spacial score (nSPS) is 18.8. The van der Waals surface area contributed by atoms with Gasteiger partial charge in [0.25, 0.3) is 0 Å². The number of thioether (sulfide) groups is 1. The summed E-state index contributed by atoms with van der Waals surface area (Å²) in [4.78, 5) is 14.7. The van der Waals surface area contributed by atoms with E-state index in [2.05, 4.69) is 30.6 Å². The van der Waals surface area contributed by atoms with Crippen LogP contribution in [0.2, 0.25) is 0 Å². The molecule has 1 aromatic heterocycles. The molecule has 1 amide bonds. The highest BCUT2D eigenvalue weighted by atomic mass is 32.2. The average molecular weight is 496 g/mol. The lowest BCUT2D eigenvalue weighted by atomic mass is 9.92. The molecule has 2 atom stereocenters. The first-order valence-corrected chi connectivity index (χ1v) is 13.6. The number of aromatic nitrogens is 3. The molecule has 0 saturated carbocycles. The fourth-order valence-corrected chi connectivity index (χ4v) is 5.80. The highest BCUT2D eigenvalue weighted by Gasteiger charge is 2.26. The highest BCUT2D eigenvalue weighted by molar-refractivity contribution is 7.99. The largest absolute Gasteiger partial charge is 0.341 e. The van der Waals surface area contributed by atoms with Crippen molar-refractivity contribution in [2.24, 2.45) is 11.8 Å². The van der Waals surface area contributed by atoms with Gasteiger partial charge in [-0.1, -0.05) is 31.7 Å². The Labute approximate surface area is 198 Å². The summed E-state index contributed by atoms with van der Waals surface area (Å²) >= 11 is 1.28. The van der Waals surface area contributed by atoms with Crippen LogP contribution in [0.15, 0.2) is 42.1 Å². The molecule has 0 N–H and O–H groups in total. The first-order chi connectivity index (χ1) is 15.6. The van der Waals surface area contributed by atoms with E-state index in [1.807, 2.05) is 4.90 Å². The summed E-state index contributed by atoms with van der Waals surface area (Å²) in [6.07, 6.45) is 3.87. The van der Waals surface area contributed by atoms with Crippen LogP contribution in [-0.2, 0) is 27.9 Å². The Kier molecular flexibility index (Phi) is 8.17. The van der Waals surface area contributed by atoms with Crippen LogP contribution >= 0.6 is 11.8 Å². The predicted octanol–water partition coefficient (Wildman–Crippen LogP) is 3.17. The average Bonchev–Trinajstić information content (AvgIpc) is 3.11. The molecule has 0 radical (unpaired) electrons. The Morgan fingerprint density at radius 1 is 1.24 bits per heavy atom. The molecular formula is C22H30FN5O3S2. The molecule has 2 heterocycles. The Morgan fingerprint density at radius 2 is 1.88 bits per heavy atom. The number of hydrogen-bond acceptors (Lipinski definition) is 6. The Balaban J connectivity index is 1.77. The maximum atomic E-state index is 13.3. The van der Waals surface area contributed by atoms with Gasteiger partial charge in [0.15, 0.2) is 11.0 Å². The molecule has 0 aliphatic carbocycles. The lowest BCUT2D eigenvalue weighted by Crippen LogP contribution is -2.43. The number of rotatable bonds is 9. The lowest BCUT2D eigenvalue weighted by molar-refractivity contribution is -0.130. The molecule has 1 aliphatic heterocycles. The molecule has 180 valence electrons. The van der Waals surface area contributed by atoms with Gasteiger partial charge in [-0.3, -0.25) is 9.10 Å². The molecule has 0 unspecified atom stereocenters. The van der Waals surface area contributed by atoms with Gasteiger partial charge in [-0.25, -0.2) is 12.8 Å². The maximum Gasteiger partial charge on any atom is 0.233 e. The monoisotopic (exact) mass is 495 g/mol. The number of carbonyl (C=O) groups excluding carboxylic acids is 1. The molecule has 0 spiro atoms. The summed E-state index contributed by atoms with van der Waals surface area (Å²) in [6.45, 7) is 9.87. The highest BCUT2D eigenvalue weighted by Crippen LogP contribution is 2.25. The smallest absolute Gasteiger partial charge is 0.233 e. The van der Waals surface area contributed by atoms with Crippen LogP contribution < -0.4 is 4.31 Å². The SMILES string of the molecule is C=CCn1c(CN(c2ccc(F)cc2)S(C)(=O)=O)nnc1SCC(=O)N1C[C@H](C)C[C@@H](C)C1. The van der Waals surface area contributed by atoms with Gasteiger partial charge >= 0.3 is 0 Å². The standard InChI is InChI=1S/C22H30FN5O3S2/c1-5-10-27-20(14-28(33(4,30)31)19-8-6-18(23)7-9-19)24-25-22(27)32-15-21(29)26-12-16(2)11-17(3)13-26/h5-9,16-17H,1,10-15H2,2-4H3/t16-,17-/m1/s1. The lowest BCUT2D eigenvalue weighted by Gasteiger charge is -2.34. The zero-order valence-electron chi connectivity index (χ0n) is 19.1. The fourth-order valence-electron chi connectivity index (χ4n) is 4.08. The summed E-state index contributed by atoms with van der Waals surface area (Å²) in [5.74, 6) is 1.18. The molecule has 1 fully saturated rings. The van der Waals surface area contributed by atoms with Gasteiger partial charge in [0.05, 0.1) is 24.2 Å². The zero-order valence-corrected chi connectivity index (χ0v) is 20.8. The quantitative estimate of drug-likeness (QED) is 0.392. The molecule has 8 nitrogen and oxygen atoms in total. The second kappa shape index (κ2) is 10.7. The summed E-state index contributed by atoms with van der Waals surface area (Å²) in [5.41, 5.74) is 0.324. The van der Waals surface area contributed by atoms with E-state index in [1.54, 1.807) is 10.6 Å². The van der Waals surface area contributed by atoms with Crippen LogP contribution in [0.3, 0.4) is 0 Å². The summed E-state index contributed by atoms with van der Waals surface area (Å²) < 4.78 is 41.1. The van der Waals surface area contributed by atoms with Crippen LogP contribution in [-0.4, -0.2) is 59.1 Å². The topological polar surface area (TPSA) is 88.4 Å². The van der Waals surface area contributed by atoms with E-state index < -0.39 is 15.8 Å². The van der Waals surface area contributed by atoms with Gasteiger partial charge in [0.1, 0.15) is 5.82 Å². The van der Waals surface area contributed by atoms with Gasteiger partial charge < -0.3 is 9.47 Å². The number of allylic oxidation sites excluding steroid dienone is 1.